The number of pyridine rings is 1. The molecule has 3 aromatic heterocycles. The van der Waals surface area contributed by atoms with Crippen molar-refractivity contribution in [2.24, 2.45) is 12.5 Å². The first-order valence-corrected chi connectivity index (χ1v) is 16.4. The van der Waals surface area contributed by atoms with Crippen molar-refractivity contribution in [3.05, 3.63) is 78.4 Å². The molecule has 2 saturated heterocycles. The van der Waals surface area contributed by atoms with Crippen LogP contribution in [0.2, 0.25) is 0 Å². The molecule has 5 heterocycles. The number of carbonyl (C=O) groups excluding carboxylic acids is 1. The number of benzene rings is 1. The Balaban J connectivity index is 1.02. The molecule has 3 aliphatic rings. The van der Waals surface area contributed by atoms with Crippen molar-refractivity contribution in [1.82, 2.24) is 30.0 Å². The van der Waals surface area contributed by atoms with Gasteiger partial charge in [-0.05, 0) is 56.2 Å². The van der Waals surface area contributed by atoms with Gasteiger partial charge in [-0.2, -0.15) is 15.3 Å². The van der Waals surface area contributed by atoms with Crippen molar-refractivity contribution in [2.45, 2.75) is 57.2 Å². The molecule has 0 bridgehead atoms. The number of hydrogen-bond donors (Lipinski definition) is 2. The van der Waals surface area contributed by atoms with Crippen molar-refractivity contribution >= 4 is 23.6 Å². The summed E-state index contributed by atoms with van der Waals surface area (Å²) in [5.74, 6) is 1.87. The van der Waals surface area contributed by atoms with E-state index in [9.17, 15) is 10.1 Å². The third-order valence-corrected chi connectivity index (χ3v) is 9.73. The second kappa shape index (κ2) is 13.4. The van der Waals surface area contributed by atoms with Gasteiger partial charge in [0.05, 0.1) is 12.4 Å². The maximum atomic E-state index is 13.7. The van der Waals surface area contributed by atoms with Crippen LogP contribution in [0.1, 0.15) is 49.7 Å². The van der Waals surface area contributed by atoms with Gasteiger partial charge in [-0.1, -0.05) is 30.3 Å². The zero-order chi connectivity index (χ0) is 32.2. The van der Waals surface area contributed by atoms with Gasteiger partial charge in [0.1, 0.15) is 17.5 Å². The van der Waals surface area contributed by atoms with E-state index in [0.717, 1.165) is 81.5 Å². The summed E-state index contributed by atoms with van der Waals surface area (Å²) in [6.07, 6.45) is 12.6. The molecule has 0 radical (unpaired) electrons. The van der Waals surface area contributed by atoms with Crippen molar-refractivity contribution in [3.63, 3.8) is 0 Å². The Labute approximate surface area is 274 Å². The number of anilines is 3. The highest BCUT2D eigenvalue weighted by Crippen LogP contribution is 2.42. The molecular weight excluding hydrogens is 592 g/mol. The Morgan fingerprint density at radius 3 is 2.49 bits per heavy atom. The van der Waals surface area contributed by atoms with Gasteiger partial charge >= 0.3 is 6.03 Å². The molecule has 2 aliphatic heterocycles. The Morgan fingerprint density at radius 1 is 1.02 bits per heavy atom. The Kier molecular flexibility index (Phi) is 8.72. The second-order valence-electron chi connectivity index (χ2n) is 13.0. The van der Waals surface area contributed by atoms with Crippen LogP contribution >= 0.6 is 0 Å². The van der Waals surface area contributed by atoms with E-state index < -0.39 is 0 Å². The van der Waals surface area contributed by atoms with Gasteiger partial charge in [0.25, 0.3) is 0 Å². The van der Waals surface area contributed by atoms with E-state index in [4.69, 9.17) is 14.7 Å². The van der Waals surface area contributed by atoms with Gasteiger partial charge < -0.3 is 20.3 Å². The largest absolute Gasteiger partial charge is 0.381 e. The summed E-state index contributed by atoms with van der Waals surface area (Å²) in [5.41, 5.74) is 3.73. The second-order valence-corrected chi connectivity index (χ2v) is 13.0. The number of aryl methyl sites for hydroxylation is 1. The average molecular weight is 633 g/mol. The SMILES string of the molecule is Cn1cc(-c2ccc(N(C(=O)NCc3ccccc3)[C@H]3CC[C@H](Nc4ncc(C#N)c(N5CC6(CCOCC6)C5)n4)CC3)nc2)cn1. The number of ether oxygens (including phenoxy) is 1. The minimum Gasteiger partial charge on any atom is -0.381 e. The van der Waals surface area contributed by atoms with E-state index in [2.05, 4.69) is 31.7 Å². The van der Waals surface area contributed by atoms with Gasteiger partial charge in [0, 0.05) is 80.9 Å². The lowest BCUT2D eigenvalue weighted by molar-refractivity contribution is -0.000471. The molecule has 242 valence electrons. The van der Waals surface area contributed by atoms with Gasteiger partial charge in [0.15, 0.2) is 5.82 Å². The van der Waals surface area contributed by atoms with Crippen LogP contribution in [0.15, 0.2) is 67.3 Å². The summed E-state index contributed by atoms with van der Waals surface area (Å²) < 4.78 is 7.33. The maximum absolute atomic E-state index is 13.7. The molecule has 1 aliphatic carbocycles. The number of nitrogens with zero attached hydrogens (tertiary/aromatic N) is 8. The third kappa shape index (κ3) is 6.76. The summed E-state index contributed by atoms with van der Waals surface area (Å²) in [7, 11) is 1.89. The molecule has 0 atom stereocenters. The summed E-state index contributed by atoms with van der Waals surface area (Å²) in [5, 5.41) is 20.7. The third-order valence-electron chi connectivity index (χ3n) is 9.73. The predicted molar refractivity (Wildman–Crippen MR) is 179 cm³/mol. The average Bonchev–Trinajstić information content (AvgIpc) is 3.54. The zero-order valence-electron chi connectivity index (χ0n) is 26.7. The molecule has 2 N–H and O–H groups in total. The monoisotopic (exact) mass is 632 g/mol. The zero-order valence-corrected chi connectivity index (χ0v) is 26.7. The number of nitrogens with one attached hydrogen (secondary N) is 2. The highest BCUT2D eigenvalue weighted by Gasteiger charge is 2.45. The van der Waals surface area contributed by atoms with Crippen molar-refractivity contribution in [3.8, 4) is 17.2 Å². The van der Waals surface area contributed by atoms with Crippen LogP contribution in [0.5, 0.6) is 0 Å². The lowest BCUT2D eigenvalue weighted by Gasteiger charge is -2.52. The maximum Gasteiger partial charge on any atom is 0.323 e. The van der Waals surface area contributed by atoms with Crippen LogP contribution < -0.4 is 20.4 Å². The number of amides is 2. The standard InChI is InChI=1S/C35H40N10O2/c1-43-22-28(21-40-43)26-7-12-31(37-19-26)45(34(46)39-18-25-5-3-2-4-6-25)30-10-8-29(9-11-30)41-33-38-20-27(17-36)32(42-33)44-23-35(24-44)13-15-47-16-14-35/h2-7,12,19-22,29-30H,8-11,13-16,18,23-24H2,1H3,(H,39,46)(H,38,41,42)/t29-,30-. The molecule has 2 amide bonds. The number of aromatic nitrogens is 5. The van der Waals surface area contributed by atoms with Crippen LogP contribution in [0, 0.1) is 16.7 Å². The van der Waals surface area contributed by atoms with E-state index >= 15 is 0 Å². The number of hydrogen-bond acceptors (Lipinski definition) is 9. The van der Waals surface area contributed by atoms with Gasteiger partial charge in [-0.25, -0.2) is 14.8 Å². The van der Waals surface area contributed by atoms with Crippen molar-refractivity contribution in [1.29, 1.82) is 5.26 Å². The molecule has 47 heavy (non-hydrogen) atoms. The highest BCUT2D eigenvalue weighted by atomic mass is 16.5. The number of rotatable bonds is 8. The summed E-state index contributed by atoms with van der Waals surface area (Å²) in [4.78, 5) is 31.8. The first-order chi connectivity index (χ1) is 23.0. The lowest BCUT2D eigenvalue weighted by atomic mass is 9.73. The normalized spacial score (nSPS) is 20.2. The molecule has 1 aromatic carbocycles. The summed E-state index contributed by atoms with van der Waals surface area (Å²) in [6.45, 7) is 3.83. The molecule has 0 unspecified atom stereocenters. The minimum absolute atomic E-state index is 0.0187. The fraction of sp³-hybridized carbons (Fsp3) is 0.429. The number of nitriles is 1. The molecule has 1 spiro atoms. The molecule has 1 saturated carbocycles. The fourth-order valence-corrected chi connectivity index (χ4v) is 7.04. The smallest absolute Gasteiger partial charge is 0.323 e. The molecule has 3 fully saturated rings. The van der Waals surface area contributed by atoms with E-state index in [1.807, 2.05) is 66.8 Å². The van der Waals surface area contributed by atoms with Crippen molar-refractivity contribution in [2.75, 3.05) is 41.4 Å². The van der Waals surface area contributed by atoms with Crippen LogP contribution in [-0.4, -0.2) is 69.2 Å². The first kappa shape index (κ1) is 30.6. The lowest BCUT2D eigenvalue weighted by Crippen LogP contribution is -2.59. The van der Waals surface area contributed by atoms with E-state index in [0.29, 0.717) is 29.7 Å². The number of urea groups is 1. The Bertz CT molecular complexity index is 1710. The quantitative estimate of drug-likeness (QED) is 0.278. The van der Waals surface area contributed by atoms with Crippen LogP contribution in [-0.2, 0) is 18.3 Å². The molecule has 4 aromatic rings. The van der Waals surface area contributed by atoms with E-state index in [1.54, 1.807) is 17.1 Å². The summed E-state index contributed by atoms with van der Waals surface area (Å²) >= 11 is 0. The summed E-state index contributed by atoms with van der Waals surface area (Å²) in [6, 6.07) is 16.1. The van der Waals surface area contributed by atoms with Crippen molar-refractivity contribution < 1.29 is 9.53 Å². The highest BCUT2D eigenvalue weighted by molar-refractivity contribution is 5.91. The van der Waals surface area contributed by atoms with Crippen LogP contribution in [0.3, 0.4) is 0 Å². The Hall–Kier alpha value is -5.02. The molecule has 7 rings (SSSR count). The van der Waals surface area contributed by atoms with Crippen LogP contribution in [0.25, 0.3) is 11.1 Å². The molecule has 12 heteroatoms. The molecular formula is C35H40N10O2. The fourth-order valence-electron chi connectivity index (χ4n) is 7.04. The topological polar surface area (TPSA) is 137 Å². The van der Waals surface area contributed by atoms with Crippen LogP contribution in [0.4, 0.5) is 22.4 Å². The minimum atomic E-state index is -0.163. The first-order valence-electron chi connectivity index (χ1n) is 16.4. The Morgan fingerprint density at radius 2 is 1.81 bits per heavy atom. The molecule has 12 nitrogen and oxygen atoms in total. The van der Waals surface area contributed by atoms with Gasteiger partial charge in [-0.15, -0.1) is 0 Å². The van der Waals surface area contributed by atoms with E-state index in [-0.39, 0.29) is 23.5 Å². The van der Waals surface area contributed by atoms with E-state index in [1.165, 1.54) is 0 Å². The van der Waals surface area contributed by atoms with Gasteiger partial charge in [0.2, 0.25) is 5.95 Å². The van der Waals surface area contributed by atoms with Gasteiger partial charge in [-0.3, -0.25) is 9.58 Å². The number of carbonyl (C=O) groups is 1. The predicted octanol–water partition coefficient (Wildman–Crippen LogP) is 4.90.